The van der Waals surface area contributed by atoms with E-state index < -0.39 is 0 Å². The third-order valence-electron chi connectivity index (χ3n) is 3.33. The van der Waals surface area contributed by atoms with Crippen LogP contribution in [0, 0.1) is 5.82 Å². The summed E-state index contributed by atoms with van der Waals surface area (Å²) in [5.74, 6) is 0.301. The first-order valence-electron chi connectivity index (χ1n) is 6.59. The number of hydrogen-bond donors (Lipinski definition) is 3. The second-order valence-corrected chi connectivity index (χ2v) is 4.80. The molecule has 0 aliphatic rings. The smallest absolute Gasteiger partial charge is 0.123 e. The van der Waals surface area contributed by atoms with Crippen molar-refractivity contribution < 1.29 is 19.3 Å². The fraction of sp³-hybridized carbons (Fsp3) is 0.250. The summed E-state index contributed by atoms with van der Waals surface area (Å²) in [5, 5.41) is 22.2. The summed E-state index contributed by atoms with van der Waals surface area (Å²) in [4.78, 5) is 0. The van der Waals surface area contributed by atoms with Crippen molar-refractivity contribution >= 4 is 0 Å². The van der Waals surface area contributed by atoms with Gasteiger partial charge in [-0.3, -0.25) is 0 Å². The Bertz CT molecular complexity index is 631. The van der Waals surface area contributed by atoms with Crippen molar-refractivity contribution in [3.05, 3.63) is 53.3 Å². The molecule has 1 atom stereocenters. The molecule has 2 rings (SSSR count). The zero-order chi connectivity index (χ0) is 15.4. The lowest BCUT2D eigenvalue weighted by Crippen LogP contribution is -2.19. The van der Waals surface area contributed by atoms with Crippen molar-refractivity contribution in [2.45, 2.75) is 19.5 Å². The molecule has 5 heteroatoms. The number of phenols is 2. The molecule has 0 aromatic heterocycles. The molecule has 0 radical (unpaired) electrons. The van der Waals surface area contributed by atoms with E-state index in [-0.39, 0.29) is 23.4 Å². The molecule has 3 N–H and O–H groups in total. The summed E-state index contributed by atoms with van der Waals surface area (Å²) in [6.07, 6.45) is 0. The third-order valence-corrected chi connectivity index (χ3v) is 3.33. The van der Waals surface area contributed by atoms with Crippen LogP contribution in [0.1, 0.15) is 24.1 Å². The first kappa shape index (κ1) is 15.1. The van der Waals surface area contributed by atoms with E-state index in [1.165, 1.54) is 31.4 Å². The highest BCUT2D eigenvalue weighted by Gasteiger charge is 2.13. The SMILES string of the molecule is COc1ccc(F)cc1C(C)NCc1ccc(O)cc1O. The molecule has 0 amide bonds. The van der Waals surface area contributed by atoms with Gasteiger partial charge in [-0.1, -0.05) is 6.07 Å². The van der Waals surface area contributed by atoms with Gasteiger partial charge in [0.05, 0.1) is 7.11 Å². The van der Waals surface area contributed by atoms with Gasteiger partial charge >= 0.3 is 0 Å². The number of ether oxygens (including phenoxy) is 1. The number of phenolic OH excluding ortho intramolecular Hbond substituents is 2. The van der Waals surface area contributed by atoms with Crippen LogP contribution in [0.15, 0.2) is 36.4 Å². The molecule has 0 fully saturated rings. The molecule has 0 aliphatic carbocycles. The molecule has 4 nitrogen and oxygen atoms in total. The molecule has 1 unspecified atom stereocenters. The Morgan fingerprint density at radius 3 is 2.62 bits per heavy atom. The highest BCUT2D eigenvalue weighted by molar-refractivity contribution is 5.39. The van der Waals surface area contributed by atoms with Crippen LogP contribution >= 0.6 is 0 Å². The summed E-state index contributed by atoms with van der Waals surface area (Å²) in [6.45, 7) is 2.27. The summed E-state index contributed by atoms with van der Waals surface area (Å²) in [6, 6.07) is 8.61. The van der Waals surface area contributed by atoms with Crippen LogP contribution in [-0.2, 0) is 6.54 Å². The molecule has 0 spiro atoms. The van der Waals surface area contributed by atoms with Crippen LogP contribution in [0.4, 0.5) is 4.39 Å². The third kappa shape index (κ3) is 3.64. The molecule has 0 aliphatic heterocycles. The molecule has 0 saturated heterocycles. The van der Waals surface area contributed by atoms with E-state index in [1.54, 1.807) is 12.1 Å². The van der Waals surface area contributed by atoms with Crippen LogP contribution in [-0.4, -0.2) is 17.3 Å². The standard InChI is InChI=1S/C16H18FNO3/c1-10(14-7-12(17)4-6-16(14)21-2)18-9-11-3-5-13(19)8-15(11)20/h3-8,10,18-20H,9H2,1-2H3. The largest absolute Gasteiger partial charge is 0.508 e. The van der Waals surface area contributed by atoms with Crippen LogP contribution in [0.2, 0.25) is 0 Å². The van der Waals surface area contributed by atoms with Gasteiger partial charge in [-0.15, -0.1) is 0 Å². The minimum Gasteiger partial charge on any atom is -0.508 e. The topological polar surface area (TPSA) is 61.7 Å². The fourth-order valence-corrected chi connectivity index (χ4v) is 2.12. The maximum Gasteiger partial charge on any atom is 0.123 e. The maximum atomic E-state index is 13.4. The maximum absolute atomic E-state index is 13.4. The summed E-state index contributed by atoms with van der Waals surface area (Å²) in [5.41, 5.74) is 1.35. The van der Waals surface area contributed by atoms with Crippen molar-refractivity contribution in [2.24, 2.45) is 0 Å². The summed E-state index contributed by atoms with van der Waals surface area (Å²) in [7, 11) is 1.54. The van der Waals surface area contributed by atoms with E-state index in [0.29, 0.717) is 23.4 Å². The van der Waals surface area contributed by atoms with Crippen LogP contribution in [0.3, 0.4) is 0 Å². The van der Waals surface area contributed by atoms with Gasteiger partial charge in [0.1, 0.15) is 23.1 Å². The van der Waals surface area contributed by atoms with Gasteiger partial charge in [0.2, 0.25) is 0 Å². The Labute approximate surface area is 122 Å². The average molecular weight is 291 g/mol. The van der Waals surface area contributed by atoms with Gasteiger partial charge in [-0.25, -0.2) is 4.39 Å². The van der Waals surface area contributed by atoms with E-state index in [1.807, 2.05) is 6.92 Å². The molecular formula is C16H18FNO3. The summed E-state index contributed by atoms with van der Waals surface area (Å²) < 4.78 is 18.6. The lowest BCUT2D eigenvalue weighted by molar-refractivity contribution is 0.399. The zero-order valence-corrected chi connectivity index (χ0v) is 11.9. The number of nitrogens with one attached hydrogen (secondary N) is 1. The quantitative estimate of drug-likeness (QED) is 0.792. The van der Waals surface area contributed by atoms with Crippen molar-refractivity contribution in [2.75, 3.05) is 7.11 Å². The molecule has 21 heavy (non-hydrogen) atoms. The fourth-order valence-electron chi connectivity index (χ4n) is 2.12. The Balaban J connectivity index is 2.11. The Kier molecular flexibility index (Phi) is 4.65. The van der Waals surface area contributed by atoms with Crippen LogP contribution in [0.5, 0.6) is 17.2 Å². The van der Waals surface area contributed by atoms with Crippen LogP contribution in [0.25, 0.3) is 0 Å². The van der Waals surface area contributed by atoms with Gasteiger partial charge in [-0.05, 0) is 31.2 Å². The van der Waals surface area contributed by atoms with Crippen molar-refractivity contribution in [3.8, 4) is 17.2 Å². The van der Waals surface area contributed by atoms with E-state index in [4.69, 9.17) is 4.74 Å². The van der Waals surface area contributed by atoms with E-state index in [0.717, 1.165) is 0 Å². The van der Waals surface area contributed by atoms with Gasteiger partial charge in [0, 0.05) is 29.8 Å². The number of rotatable bonds is 5. The average Bonchev–Trinajstić information content (AvgIpc) is 2.46. The van der Waals surface area contributed by atoms with Gasteiger partial charge in [-0.2, -0.15) is 0 Å². The second kappa shape index (κ2) is 6.45. The second-order valence-electron chi connectivity index (χ2n) is 4.80. The van der Waals surface area contributed by atoms with E-state index >= 15 is 0 Å². The van der Waals surface area contributed by atoms with Crippen molar-refractivity contribution in [3.63, 3.8) is 0 Å². The first-order valence-corrected chi connectivity index (χ1v) is 6.59. The number of methoxy groups -OCH3 is 1. The summed E-state index contributed by atoms with van der Waals surface area (Å²) >= 11 is 0. The number of aromatic hydroxyl groups is 2. The zero-order valence-electron chi connectivity index (χ0n) is 11.9. The molecule has 0 heterocycles. The van der Waals surface area contributed by atoms with Crippen molar-refractivity contribution in [1.29, 1.82) is 0 Å². The molecule has 2 aromatic rings. The minimum atomic E-state index is -0.327. The number of halogens is 1. The molecule has 2 aromatic carbocycles. The number of benzene rings is 2. The molecule has 0 saturated carbocycles. The Hall–Kier alpha value is -2.27. The van der Waals surface area contributed by atoms with Gasteiger partial charge in [0.25, 0.3) is 0 Å². The number of hydrogen-bond acceptors (Lipinski definition) is 4. The van der Waals surface area contributed by atoms with Gasteiger partial charge in [0.15, 0.2) is 0 Å². The minimum absolute atomic E-state index is 0.0103. The predicted octanol–water partition coefficient (Wildman–Crippen LogP) is 3.10. The van der Waals surface area contributed by atoms with Gasteiger partial charge < -0.3 is 20.3 Å². The molecule has 112 valence electrons. The molecule has 0 bridgehead atoms. The Morgan fingerprint density at radius 1 is 1.19 bits per heavy atom. The normalized spacial score (nSPS) is 12.1. The lowest BCUT2D eigenvalue weighted by Gasteiger charge is -2.18. The Morgan fingerprint density at radius 2 is 1.95 bits per heavy atom. The monoisotopic (exact) mass is 291 g/mol. The molecular weight excluding hydrogens is 273 g/mol. The highest BCUT2D eigenvalue weighted by atomic mass is 19.1. The lowest BCUT2D eigenvalue weighted by atomic mass is 10.1. The predicted molar refractivity (Wildman–Crippen MR) is 78.0 cm³/mol. The van der Waals surface area contributed by atoms with E-state index in [9.17, 15) is 14.6 Å². The van der Waals surface area contributed by atoms with E-state index in [2.05, 4.69) is 5.32 Å². The van der Waals surface area contributed by atoms with Crippen molar-refractivity contribution in [1.82, 2.24) is 5.32 Å². The first-order chi connectivity index (χ1) is 10.0. The highest BCUT2D eigenvalue weighted by Crippen LogP contribution is 2.27. The van der Waals surface area contributed by atoms with Crippen LogP contribution < -0.4 is 10.1 Å².